The van der Waals surface area contributed by atoms with Crippen LogP contribution >= 0.6 is 0 Å². The third kappa shape index (κ3) is 2.45. The van der Waals surface area contributed by atoms with Gasteiger partial charge in [0.1, 0.15) is 0 Å². The quantitative estimate of drug-likeness (QED) is 0.486. The molecule has 0 aliphatic heterocycles. The summed E-state index contributed by atoms with van der Waals surface area (Å²) in [6, 6.07) is 1.87. The first-order valence-electron chi connectivity index (χ1n) is 3.60. The van der Waals surface area contributed by atoms with Crippen LogP contribution in [0.2, 0.25) is 0 Å². The van der Waals surface area contributed by atoms with Crippen LogP contribution in [0, 0.1) is 0 Å². The molecule has 0 aliphatic rings. The Morgan fingerprint density at radius 1 is 1.73 bits per heavy atom. The lowest BCUT2D eigenvalue weighted by molar-refractivity contribution is 0.377. The summed E-state index contributed by atoms with van der Waals surface area (Å²) in [5.74, 6) is 0. The highest BCUT2D eigenvalue weighted by molar-refractivity contribution is 5.78. The van der Waals surface area contributed by atoms with Gasteiger partial charge in [0, 0.05) is 19.2 Å². The summed E-state index contributed by atoms with van der Waals surface area (Å²) in [6.07, 6.45) is 5.06. The van der Waals surface area contributed by atoms with E-state index in [9.17, 15) is 0 Å². The summed E-state index contributed by atoms with van der Waals surface area (Å²) in [5, 5.41) is 5.99. The smallest absolute Gasteiger partial charge is 0.0991 e. The molecule has 3 heteroatoms. The van der Waals surface area contributed by atoms with Crippen molar-refractivity contribution in [3.63, 3.8) is 0 Å². The molecule has 0 spiro atoms. The van der Waals surface area contributed by atoms with Crippen LogP contribution in [0.15, 0.2) is 28.1 Å². The molecule has 0 N–H and O–H groups in total. The standard InChI is InChI=1S/C8H12N2O/c1-3-10(2)9-6-8-4-5-11-7-8/h4-7H,3H2,1-2H3/b9-6+. The van der Waals surface area contributed by atoms with Gasteiger partial charge in [-0.1, -0.05) is 0 Å². The molecule has 1 heterocycles. The predicted octanol–water partition coefficient (Wildman–Crippen LogP) is 1.57. The van der Waals surface area contributed by atoms with Crippen LogP contribution in [0.4, 0.5) is 0 Å². The first kappa shape index (κ1) is 7.85. The van der Waals surface area contributed by atoms with Gasteiger partial charge in [-0.05, 0) is 13.0 Å². The van der Waals surface area contributed by atoms with Crippen molar-refractivity contribution in [2.75, 3.05) is 13.6 Å². The Labute approximate surface area is 66.3 Å². The van der Waals surface area contributed by atoms with Gasteiger partial charge >= 0.3 is 0 Å². The topological polar surface area (TPSA) is 28.7 Å². The van der Waals surface area contributed by atoms with Crippen molar-refractivity contribution in [3.8, 4) is 0 Å². The van der Waals surface area contributed by atoms with Crippen LogP contribution in [0.1, 0.15) is 12.5 Å². The molecule has 3 nitrogen and oxygen atoms in total. The van der Waals surface area contributed by atoms with Crippen LogP contribution in [0.5, 0.6) is 0 Å². The average Bonchev–Trinajstić information content (AvgIpc) is 2.52. The predicted molar refractivity (Wildman–Crippen MR) is 44.6 cm³/mol. The zero-order valence-corrected chi connectivity index (χ0v) is 6.82. The van der Waals surface area contributed by atoms with Crippen molar-refractivity contribution in [2.45, 2.75) is 6.92 Å². The molecule has 0 amide bonds. The largest absolute Gasteiger partial charge is 0.472 e. The third-order valence-corrected chi connectivity index (χ3v) is 1.40. The Bertz CT molecular complexity index is 216. The zero-order chi connectivity index (χ0) is 8.10. The molecular formula is C8H12N2O. The maximum absolute atomic E-state index is 4.87. The Morgan fingerprint density at radius 2 is 2.55 bits per heavy atom. The maximum atomic E-state index is 4.87. The second-order valence-corrected chi connectivity index (χ2v) is 2.28. The average molecular weight is 152 g/mol. The number of rotatable bonds is 3. The van der Waals surface area contributed by atoms with E-state index in [1.807, 2.05) is 25.0 Å². The van der Waals surface area contributed by atoms with Crippen molar-refractivity contribution in [3.05, 3.63) is 24.2 Å². The van der Waals surface area contributed by atoms with E-state index in [-0.39, 0.29) is 0 Å². The van der Waals surface area contributed by atoms with Crippen LogP contribution in [-0.4, -0.2) is 24.8 Å². The second-order valence-electron chi connectivity index (χ2n) is 2.28. The molecule has 0 radical (unpaired) electrons. The van der Waals surface area contributed by atoms with Gasteiger partial charge in [-0.2, -0.15) is 5.10 Å². The molecule has 1 aromatic heterocycles. The highest BCUT2D eigenvalue weighted by Crippen LogP contribution is 1.95. The van der Waals surface area contributed by atoms with Gasteiger partial charge in [-0.3, -0.25) is 0 Å². The van der Waals surface area contributed by atoms with E-state index in [1.54, 1.807) is 18.7 Å². The fourth-order valence-corrected chi connectivity index (χ4v) is 0.595. The molecule has 0 aromatic carbocycles. The summed E-state index contributed by atoms with van der Waals surface area (Å²) < 4.78 is 4.87. The Hall–Kier alpha value is -1.25. The zero-order valence-electron chi connectivity index (χ0n) is 6.82. The highest BCUT2D eigenvalue weighted by Gasteiger charge is 1.88. The molecule has 0 atom stereocenters. The fourth-order valence-electron chi connectivity index (χ4n) is 0.595. The van der Waals surface area contributed by atoms with Gasteiger partial charge in [0.05, 0.1) is 18.7 Å². The SMILES string of the molecule is CCN(C)/N=C/c1ccoc1. The second kappa shape index (κ2) is 3.81. The monoisotopic (exact) mass is 152 g/mol. The van der Waals surface area contributed by atoms with Crippen molar-refractivity contribution in [1.82, 2.24) is 5.01 Å². The fraction of sp³-hybridized carbons (Fsp3) is 0.375. The molecule has 60 valence electrons. The molecule has 0 saturated heterocycles. The lowest BCUT2D eigenvalue weighted by atomic mass is 10.4. The van der Waals surface area contributed by atoms with E-state index in [1.165, 1.54) is 0 Å². The van der Waals surface area contributed by atoms with Gasteiger partial charge in [0.25, 0.3) is 0 Å². The van der Waals surface area contributed by atoms with E-state index < -0.39 is 0 Å². The minimum absolute atomic E-state index is 0.911. The molecule has 1 aromatic rings. The van der Waals surface area contributed by atoms with Crippen molar-refractivity contribution >= 4 is 6.21 Å². The Balaban J connectivity index is 2.48. The van der Waals surface area contributed by atoms with Crippen LogP contribution in [-0.2, 0) is 0 Å². The number of hydrazone groups is 1. The summed E-state index contributed by atoms with van der Waals surface area (Å²) >= 11 is 0. The van der Waals surface area contributed by atoms with Gasteiger partial charge in [-0.15, -0.1) is 0 Å². The maximum Gasteiger partial charge on any atom is 0.0991 e. The van der Waals surface area contributed by atoms with Gasteiger partial charge in [0.15, 0.2) is 0 Å². The van der Waals surface area contributed by atoms with E-state index in [4.69, 9.17) is 4.42 Å². The lowest BCUT2D eigenvalue weighted by Crippen LogP contribution is -2.09. The summed E-state index contributed by atoms with van der Waals surface area (Å²) in [6.45, 7) is 2.96. The van der Waals surface area contributed by atoms with Crippen LogP contribution in [0.3, 0.4) is 0 Å². The minimum atomic E-state index is 0.911. The van der Waals surface area contributed by atoms with Crippen molar-refractivity contribution < 1.29 is 4.42 Å². The molecule has 0 unspecified atom stereocenters. The minimum Gasteiger partial charge on any atom is -0.472 e. The van der Waals surface area contributed by atoms with Gasteiger partial charge < -0.3 is 9.43 Å². The lowest BCUT2D eigenvalue weighted by Gasteiger charge is -2.06. The van der Waals surface area contributed by atoms with Gasteiger partial charge in [-0.25, -0.2) is 0 Å². The van der Waals surface area contributed by atoms with Crippen LogP contribution < -0.4 is 0 Å². The molecule has 11 heavy (non-hydrogen) atoms. The first-order valence-corrected chi connectivity index (χ1v) is 3.60. The molecule has 0 saturated carbocycles. The molecule has 1 rings (SSSR count). The molecule has 0 bridgehead atoms. The summed E-state index contributed by atoms with van der Waals surface area (Å²) in [4.78, 5) is 0. The van der Waals surface area contributed by atoms with E-state index in [0.717, 1.165) is 12.1 Å². The summed E-state index contributed by atoms with van der Waals surface area (Å²) in [7, 11) is 1.93. The third-order valence-electron chi connectivity index (χ3n) is 1.40. The first-order chi connectivity index (χ1) is 5.33. The number of hydrogen-bond donors (Lipinski definition) is 0. The molecule has 0 aliphatic carbocycles. The molecule has 0 fully saturated rings. The Morgan fingerprint density at radius 3 is 3.09 bits per heavy atom. The van der Waals surface area contributed by atoms with E-state index >= 15 is 0 Å². The number of nitrogens with zero attached hydrogens (tertiary/aromatic N) is 2. The normalized spacial score (nSPS) is 10.7. The van der Waals surface area contributed by atoms with E-state index in [2.05, 4.69) is 5.10 Å². The Kier molecular flexibility index (Phi) is 2.72. The highest BCUT2D eigenvalue weighted by atomic mass is 16.3. The van der Waals surface area contributed by atoms with Gasteiger partial charge in [0.2, 0.25) is 0 Å². The van der Waals surface area contributed by atoms with Crippen molar-refractivity contribution in [2.24, 2.45) is 5.10 Å². The van der Waals surface area contributed by atoms with Crippen LogP contribution in [0.25, 0.3) is 0 Å². The number of hydrogen-bond acceptors (Lipinski definition) is 3. The van der Waals surface area contributed by atoms with Crippen molar-refractivity contribution in [1.29, 1.82) is 0 Å². The molecular weight excluding hydrogens is 140 g/mol. The van der Waals surface area contributed by atoms with E-state index in [0.29, 0.717) is 0 Å². The number of furan rings is 1. The summed E-state index contributed by atoms with van der Waals surface area (Å²) in [5.41, 5.74) is 0.991.